The Morgan fingerprint density at radius 2 is 1.53 bits per heavy atom. The number of allylic oxidation sites excluding steroid dienone is 5. The molecule has 30 heavy (non-hydrogen) atoms. The molecule has 0 fully saturated rings. The number of nitrogens with zero attached hydrogens (tertiary/aromatic N) is 2. The molecule has 0 N–H and O–H groups in total. The van der Waals surface area contributed by atoms with Crippen LogP contribution in [0.2, 0.25) is 0 Å². The van der Waals surface area contributed by atoms with E-state index in [0.29, 0.717) is 11.1 Å². The normalized spacial score (nSPS) is 13.5. The molecule has 0 aromatic heterocycles. The molecule has 5 nitrogen and oxygen atoms in total. The second-order valence-electron chi connectivity index (χ2n) is 7.71. The van der Waals surface area contributed by atoms with Crippen LogP contribution in [0.1, 0.15) is 16.7 Å². The lowest BCUT2D eigenvalue weighted by atomic mass is 9.90. The van der Waals surface area contributed by atoms with E-state index < -0.39 is 10.1 Å². The van der Waals surface area contributed by atoms with Crippen LogP contribution in [-0.4, -0.2) is 51.4 Å². The van der Waals surface area contributed by atoms with Crippen molar-refractivity contribution in [1.29, 1.82) is 0 Å². The van der Waals surface area contributed by atoms with Crippen molar-refractivity contribution in [3.8, 4) is 0 Å². The second kappa shape index (κ2) is 8.42. The fourth-order valence-electron chi connectivity index (χ4n) is 3.37. The van der Waals surface area contributed by atoms with Gasteiger partial charge in [0.1, 0.15) is 24.2 Å². The lowest BCUT2D eigenvalue weighted by Crippen LogP contribution is -2.11. The standard InChI is InChI=1S/C24H26N2O3S/c1-17-6-15-22(23(16-17)30(27,28)29)24(18-7-11-20(12-8-18)25(2)3)19-9-13-21(14-10-19)26(4)5/h6-16H,1-5H3. The first kappa shape index (κ1) is 21.7. The Balaban J connectivity index is 2.31. The number of aryl methyl sites for hydroxylation is 1. The SMILES string of the molecule is Cc1ccc(C(=C2C=CC(=[N+](C)C)C=C2)c2ccc(N(C)C)cc2)c(S(=O)(=O)[O-])c1. The van der Waals surface area contributed by atoms with Crippen LogP contribution in [-0.2, 0) is 10.1 Å². The zero-order chi connectivity index (χ0) is 22.1. The Hall–Kier alpha value is -2.96. The Morgan fingerprint density at radius 1 is 0.933 bits per heavy atom. The highest BCUT2D eigenvalue weighted by molar-refractivity contribution is 7.85. The highest BCUT2D eigenvalue weighted by Crippen LogP contribution is 2.34. The predicted octanol–water partition coefficient (Wildman–Crippen LogP) is 3.61. The summed E-state index contributed by atoms with van der Waals surface area (Å²) in [7, 11) is 3.19. The van der Waals surface area contributed by atoms with Gasteiger partial charge in [-0.2, -0.15) is 0 Å². The van der Waals surface area contributed by atoms with Gasteiger partial charge < -0.3 is 9.45 Å². The third kappa shape index (κ3) is 4.61. The topological polar surface area (TPSA) is 63.5 Å². The maximum absolute atomic E-state index is 12.1. The van der Waals surface area contributed by atoms with E-state index in [4.69, 9.17) is 0 Å². The molecule has 0 saturated heterocycles. The van der Waals surface area contributed by atoms with Gasteiger partial charge in [0.15, 0.2) is 5.71 Å². The number of benzene rings is 2. The van der Waals surface area contributed by atoms with E-state index >= 15 is 0 Å². The van der Waals surface area contributed by atoms with Crippen LogP contribution < -0.4 is 4.90 Å². The summed E-state index contributed by atoms with van der Waals surface area (Å²) in [6.45, 7) is 1.77. The van der Waals surface area contributed by atoms with Crippen molar-refractivity contribution in [2.24, 2.45) is 0 Å². The third-order valence-electron chi connectivity index (χ3n) is 5.02. The van der Waals surface area contributed by atoms with E-state index in [9.17, 15) is 13.0 Å². The first-order valence-electron chi connectivity index (χ1n) is 9.57. The molecule has 0 saturated carbocycles. The van der Waals surface area contributed by atoms with Crippen LogP contribution >= 0.6 is 0 Å². The maximum Gasteiger partial charge on any atom is 0.199 e. The van der Waals surface area contributed by atoms with E-state index in [-0.39, 0.29) is 4.90 Å². The largest absolute Gasteiger partial charge is 0.744 e. The second-order valence-corrected chi connectivity index (χ2v) is 9.06. The Labute approximate surface area is 178 Å². The van der Waals surface area contributed by atoms with Gasteiger partial charge in [-0.15, -0.1) is 0 Å². The highest BCUT2D eigenvalue weighted by Gasteiger charge is 2.19. The van der Waals surface area contributed by atoms with Gasteiger partial charge in [0, 0.05) is 37.5 Å². The van der Waals surface area contributed by atoms with Crippen molar-refractivity contribution in [2.45, 2.75) is 11.8 Å². The first-order chi connectivity index (χ1) is 14.1. The van der Waals surface area contributed by atoms with Gasteiger partial charge >= 0.3 is 0 Å². The molecule has 1 aliphatic carbocycles. The molecule has 6 heteroatoms. The van der Waals surface area contributed by atoms with Gasteiger partial charge in [-0.3, -0.25) is 0 Å². The van der Waals surface area contributed by atoms with Gasteiger partial charge in [-0.25, -0.2) is 13.0 Å². The lowest BCUT2D eigenvalue weighted by molar-refractivity contribution is -0.462. The van der Waals surface area contributed by atoms with Crippen LogP contribution in [0.25, 0.3) is 5.57 Å². The average molecular weight is 423 g/mol. The van der Waals surface area contributed by atoms with Crippen molar-refractivity contribution in [3.05, 3.63) is 89.0 Å². The minimum Gasteiger partial charge on any atom is -0.744 e. The molecule has 0 atom stereocenters. The first-order valence-corrected chi connectivity index (χ1v) is 11.0. The van der Waals surface area contributed by atoms with Gasteiger partial charge in [0.25, 0.3) is 0 Å². The fraction of sp³-hybridized carbons (Fsp3) is 0.208. The monoisotopic (exact) mass is 422 g/mol. The Morgan fingerprint density at radius 3 is 2.03 bits per heavy atom. The van der Waals surface area contributed by atoms with Crippen molar-refractivity contribution >= 4 is 27.1 Å². The number of anilines is 1. The smallest absolute Gasteiger partial charge is 0.199 e. The van der Waals surface area contributed by atoms with Gasteiger partial charge in [-0.1, -0.05) is 24.3 Å². The quantitative estimate of drug-likeness (QED) is 0.558. The highest BCUT2D eigenvalue weighted by atomic mass is 32.2. The van der Waals surface area contributed by atoms with E-state index in [1.165, 1.54) is 6.07 Å². The van der Waals surface area contributed by atoms with Crippen LogP contribution in [0.3, 0.4) is 0 Å². The van der Waals surface area contributed by atoms with Crippen molar-refractivity contribution < 1.29 is 17.5 Å². The third-order valence-corrected chi connectivity index (χ3v) is 5.90. The lowest BCUT2D eigenvalue weighted by Gasteiger charge is -2.20. The summed E-state index contributed by atoms with van der Waals surface area (Å²) in [6, 6.07) is 12.8. The summed E-state index contributed by atoms with van der Waals surface area (Å²) < 4.78 is 38.2. The number of hydrogen-bond donors (Lipinski definition) is 0. The van der Waals surface area contributed by atoms with Crippen molar-refractivity contribution in [2.75, 3.05) is 33.1 Å². The summed E-state index contributed by atoms with van der Waals surface area (Å²) >= 11 is 0. The summed E-state index contributed by atoms with van der Waals surface area (Å²) in [5, 5.41) is 0. The van der Waals surface area contributed by atoms with E-state index in [1.807, 2.05) is 92.3 Å². The molecular weight excluding hydrogens is 396 g/mol. The number of hydrogen-bond acceptors (Lipinski definition) is 4. The maximum atomic E-state index is 12.1. The molecule has 0 heterocycles. The van der Waals surface area contributed by atoms with Gasteiger partial charge in [0.2, 0.25) is 0 Å². The molecule has 0 radical (unpaired) electrons. The Kier molecular flexibility index (Phi) is 6.10. The predicted molar refractivity (Wildman–Crippen MR) is 121 cm³/mol. The van der Waals surface area contributed by atoms with E-state index in [0.717, 1.165) is 28.1 Å². The average Bonchev–Trinajstić information content (AvgIpc) is 2.69. The minimum atomic E-state index is -4.65. The fourth-order valence-corrected chi connectivity index (χ4v) is 4.14. The molecule has 2 aromatic carbocycles. The van der Waals surface area contributed by atoms with Crippen LogP contribution in [0.5, 0.6) is 0 Å². The van der Waals surface area contributed by atoms with Crippen LogP contribution in [0, 0.1) is 6.92 Å². The summed E-state index contributed by atoms with van der Waals surface area (Å²) in [5.74, 6) is 0. The molecule has 1 aliphatic rings. The van der Waals surface area contributed by atoms with Crippen molar-refractivity contribution in [3.63, 3.8) is 0 Å². The molecule has 0 aliphatic heterocycles. The van der Waals surface area contributed by atoms with Gasteiger partial charge in [-0.05, 0) is 59.5 Å². The molecule has 0 amide bonds. The summed E-state index contributed by atoms with van der Waals surface area (Å²) in [4.78, 5) is 1.79. The molecule has 0 unspecified atom stereocenters. The van der Waals surface area contributed by atoms with E-state index in [1.54, 1.807) is 13.0 Å². The molecule has 0 bridgehead atoms. The molecule has 156 valence electrons. The van der Waals surface area contributed by atoms with Gasteiger partial charge in [0.05, 0.1) is 4.90 Å². The van der Waals surface area contributed by atoms with Crippen LogP contribution in [0.4, 0.5) is 5.69 Å². The zero-order valence-corrected chi connectivity index (χ0v) is 18.7. The van der Waals surface area contributed by atoms with Crippen LogP contribution in [0.15, 0.2) is 77.2 Å². The van der Waals surface area contributed by atoms with E-state index in [2.05, 4.69) is 0 Å². The minimum absolute atomic E-state index is 0.203. The Bertz CT molecular complexity index is 1180. The summed E-state index contributed by atoms with van der Waals surface area (Å²) in [5.41, 5.74) is 5.58. The molecule has 0 spiro atoms. The van der Waals surface area contributed by atoms with Crippen molar-refractivity contribution in [1.82, 2.24) is 0 Å². The number of rotatable bonds is 4. The molecule has 3 rings (SSSR count). The summed E-state index contributed by atoms with van der Waals surface area (Å²) in [6.07, 6.45) is 7.85. The zero-order valence-electron chi connectivity index (χ0n) is 17.9. The molecular formula is C24H26N2O3S. The molecule has 2 aromatic rings.